The maximum atomic E-state index is 13.1. The van der Waals surface area contributed by atoms with Crippen LogP contribution in [0.1, 0.15) is 24.3 Å². The summed E-state index contributed by atoms with van der Waals surface area (Å²) >= 11 is 0. The maximum absolute atomic E-state index is 13.1. The van der Waals surface area contributed by atoms with Gasteiger partial charge in [0.25, 0.3) is 0 Å². The van der Waals surface area contributed by atoms with Crippen LogP contribution in [0, 0.1) is 0 Å². The molecule has 4 rings (SSSR count). The van der Waals surface area contributed by atoms with E-state index in [1.54, 1.807) is 12.1 Å². The van der Waals surface area contributed by atoms with Gasteiger partial charge in [-0.15, -0.1) is 0 Å². The van der Waals surface area contributed by atoms with E-state index in [2.05, 4.69) is 0 Å². The predicted molar refractivity (Wildman–Crippen MR) is 123 cm³/mol. The molecule has 2 N–H and O–H groups in total. The van der Waals surface area contributed by atoms with Crippen molar-refractivity contribution < 1.29 is 29.1 Å². The van der Waals surface area contributed by atoms with E-state index >= 15 is 0 Å². The third-order valence-electron chi connectivity index (χ3n) is 6.22. The van der Waals surface area contributed by atoms with Crippen molar-refractivity contribution in [2.75, 3.05) is 27.2 Å². The Balaban J connectivity index is 1.79. The molecule has 9 nitrogen and oxygen atoms in total. The first-order valence-electron chi connectivity index (χ1n) is 11.0. The number of methoxy groups -OCH3 is 1. The normalized spacial score (nSPS) is 15.1. The number of urea groups is 1. The largest absolute Gasteiger partial charge is 0.468 e. The molecule has 1 aliphatic rings. The Morgan fingerprint density at radius 1 is 1.09 bits per heavy atom. The first-order valence-corrected chi connectivity index (χ1v) is 11.0. The van der Waals surface area contributed by atoms with Gasteiger partial charge in [0.1, 0.15) is 11.1 Å². The van der Waals surface area contributed by atoms with Gasteiger partial charge in [0, 0.05) is 31.3 Å². The zero-order valence-electron chi connectivity index (χ0n) is 19.1. The van der Waals surface area contributed by atoms with Gasteiger partial charge in [-0.2, -0.15) is 0 Å². The minimum Gasteiger partial charge on any atom is -0.468 e. The van der Waals surface area contributed by atoms with Gasteiger partial charge in [-0.1, -0.05) is 54.6 Å². The Morgan fingerprint density at radius 2 is 1.74 bits per heavy atom. The first-order chi connectivity index (χ1) is 16.4. The van der Waals surface area contributed by atoms with E-state index in [-0.39, 0.29) is 38.4 Å². The highest BCUT2D eigenvalue weighted by Crippen LogP contribution is 2.42. The number of hydrogen-bond acceptors (Lipinski definition) is 7. The van der Waals surface area contributed by atoms with Crippen molar-refractivity contribution in [2.24, 2.45) is 0 Å². The number of aliphatic hydroxyl groups excluding tert-OH is 1. The van der Waals surface area contributed by atoms with Crippen LogP contribution in [0.3, 0.4) is 0 Å². The van der Waals surface area contributed by atoms with Gasteiger partial charge in [-0.3, -0.25) is 10.0 Å². The summed E-state index contributed by atoms with van der Waals surface area (Å²) in [7, 11) is 2.58. The highest BCUT2D eigenvalue weighted by atomic mass is 16.5. The lowest BCUT2D eigenvalue weighted by Gasteiger charge is -2.38. The monoisotopic (exact) mass is 465 g/mol. The minimum atomic E-state index is -1.17. The Morgan fingerprint density at radius 3 is 2.29 bits per heavy atom. The van der Waals surface area contributed by atoms with Crippen LogP contribution >= 0.6 is 0 Å². The molecule has 0 atom stereocenters. The second-order valence-electron chi connectivity index (χ2n) is 8.28. The molecule has 2 amide bonds. The topological polar surface area (TPSA) is 116 Å². The Labute approximate surface area is 197 Å². The summed E-state index contributed by atoms with van der Waals surface area (Å²) in [5.74, 6) is 0.242. The van der Waals surface area contributed by atoms with Crippen molar-refractivity contribution in [3.05, 3.63) is 66.1 Å². The summed E-state index contributed by atoms with van der Waals surface area (Å²) in [4.78, 5) is 31.5. The highest BCUT2D eigenvalue weighted by molar-refractivity contribution is 5.84. The second-order valence-corrected chi connectivity index (χ2v) is 8.28. The van der Waals surface area contributed by atoms with E-state index < -0.39 is 17.4 Å². The molecule has 1 fully saturated rings. The van der Waals surface area contributed by atoms with Crippen LogP contribution in [-0.2, 0) is 21.6 Å². The van der Waals surface area contributed by atoms with Gasteiger partial charge in [0.2, 0.25) is 5.89 Å². The predicted octanol–water partition coefficient (Wildman–Crippen LogP) is 3.45. The number of oxazole rings is 1. The molecule has 0 unspecified atom stereocenters. The first kappa shape index (κ1) is 23.5. The number of hydroxylamine groups is 2. The van der Waals surface area contributed by atoms with E-state index in [0.29, 0.717) is 16.5 Å². The molecule has 0 saturated carbocycles. The minimum absolute atomic E-state index is 0.0722. The molecular formula is C25H27N3O6. The Bertz CT molecular complexity index is 1150. The van der Waals surface area contributed by atoms with Crippen molar-refractivity contribution in [3.8, 4) is 22.6 Å². The number of likely N-dealkylation sites (tertiary alicyclic amines) is 1. The van der Waals surface area contributed by atoms with E-state index in [1.807, 2.05) is 42.5 Å². The van der Waals surface area contributed by atoms with Gasteiger partial charge in [-0.25, -0.2) is 14.8 Å². The highest BCUT2D eigenvalue weighted by Gasteiger charge is 2.49. The summed E-state index contributed by atoms with van der Waals surface area (Å²) in [6.07, 6.45) is 0.466. The molecule has 9 heteroatoms. The van der Waals surface area contributed by atoms with E-state index in [4.69, 9.17) is 14.1 Å². The SMILES string of the molecule is COC(=O)C1(c2nc(-c3ccccc3)c(-c3ccc(CO)cc3)o2)CCN(C(=O)N(C)O)CC1. The Kier molecular flexibility index (Phi) is 6.67. The fourth-order valence-electron chi connectivity index (χ4n) is 4.26. The number of nitrogens with zero attached hydrogens (tertiary/aromatic N) is 3. The molecular weight excluding hydrogens is 438 g/mol. The molecule has 1 saturated heterocycles. The third kappa shape index (κ3) is 4.27. The second kappa shape index (κ2) is 9.66. The zero-order valence-corrected chi connectivity index (χ0v) is 19.1. The van der Waals surface area contributed by atoms with Crippen LogP contribution in [0.5, 0.6) is 0 Å². The van der Waals surface area contributed by atoms with E-state index in [1.165, 1.54) is 19.1 Å². The van der Waals surface area contributed by atoms with Gasteiger partial charge >= 0.3 is 12.0 Å². The lowest BCUT2D eigenvalue weighted by atomic mass is 9.78. The molecule has 34 heavy (non-hydrogen) atoms. The molecule has 2 aromatic carbocycles. The van der Waals surface area contributed by atoms with Crippen molar-refractivity contribution in [1.29, 1.82) is 0 Å². The molecule has 0 radical (unpaired) electrons. The average molecular weight is 466 g/mol. The number of esters is 1. The number of carbonyl (C=O) groups is 2. The molecule has 3 aromatic rings. The average Bonchev–Trinajstić information content (AvgIpc) is 3.34. The standard InChI is InChI=1S/C25H27N3O6/c1-27(32)24(31)28-14-12-25(13-15-28,23(30)33-2)22-26-20(18-6-4-3-5-7-18)21(34-22)19-10-8-17(16-29)9-11-19/h3-11,29,32H,12-16H2,1-2H3. The summed E-state index contributed by atoms with van der Waals surface area (Å²) < 4.78 is 11.5. The Hall–Kier alpha value is -3.69. The number of benzene rings is 2. The number of carbonyl (C=O) groups excluding carboxylic acids is 2. The van der Waals surface area contributed by atoms with Gasteiger partial charge in [0.15, 0.2) is 5.76 Å². The van der Waals surface area contributed by atoms with Crippen molar-refractivity contribution >= 4 is 12.0 Å². The maximum Gasteiger partial charge on any atom is 0.343 e. The van der Waals surface area contributed by atoms with Crippen molar-refractivity contribution in [3.63, 3.8) is 0 Å². The number of rotatable bonds is 5. The van der Waals surface area contributed by atoms with Gasteiger partial charge in [0.05, 0.1) is 13.7 Å². The van der Waals surface area contributed by atoms with Crippen LogP contribution in [0.25, 0.3) is 22.6 Å². The zero-order chi connectivity index (χ0) is 24.3. The van der Waals surface area contributed by atoms with E-state index in [0.717, 1.165) is 16.7 Å². The lowest BCUT2D eigenvalue weighted by Crippen LogP contribution is -2.51. The smallest absolute Gasteiger partial charge is 0.343 e. The number of amides is 2. The van der Waals surface area contributed by atoms with Crippen LogP contribution in [0.2, 0.25) is 0 Å². The molecule has 1 aromatic heterocycles. The van der Waals surface area contributed by atoms with Gasteiger partial charge in [-0.05, 0) is 18.4 Å². The van der Waals surface area contributed by atoms with E-state index in [9.17, 15) is 19.9 Å². The van der Waals surface area contributed by atoms with Crippen molar-refractivity contribution in [1.82, 2.24) is 14.9 Å². The summed E-state index contributed by atoms with van der Waals surface area (Å²) in [5, 5.41) is 19.4. The van der Waals surface area contributed by atoms with Crippen LogP contribution in [0.15, 0.2) is 59.0 Å². The lowest BCUT2D eigenvalue weighted by molar-refractivity contribution is -0.150. The molecule has 0 aliphatic carbocycles. The number of hydrogen-bond donors (Lipinski definition) is 2. The van der Waals surface area contributed by atoms with Crippen molar-refractivity contribution in [2.45, 2.75) is 24.9 Å². The number of aliphatic hydroxyl groups is 1. The molecule has 0 bridgehead atoms. The summed E-state index contributed by atoms with van der Waals surface area (Å²) in [6.45, 7) is 0.377. The van der Waals surface area contributed by atoms with Crippen LogP contribution in [0.4, 0.5) is 4.79 Å². The molecule has 2 heterocycles. The molecule has 1 aliphatic heterocycles. The third-order valence-corrected chi connectivity index (χ3v) is 6.22. The molecule has 178 valence electrons. The van der Waals surface area contributed by atoms with Gasteiger partial charge < -0.3 is 19.2 Å². The summed E-state index contributed by atoms with van der Waals surface area (Å²) in [5.41, 5.74) is 1.76. The molecule has 0 spiro atoms. The number of piperidine rings is 1. The van der Waals surface area contributed by atoms with Crippen LogP contribution < -0.4 is 0 Å². The van der Waals surface area contributed by atoms with Crippen LogP contribution in [-0.4, -0.2) is 64.5 Å². The number of ether oxygens (including phenoxy) is 1. The fraction of sp³-hybridized carbons (Fsp3) is 0.320. The summed E-state index contributed by atoms with van der Waals surface area (Å²) in [6, 6.07) is 16.3. The quantitative estimate of drug-likeness (QED) is 0.337. The number of aromatic nitrogens is 1. The fourth-order valence-corrected chi connectivity index (χ4v) is 4.26.